The summed E-state index contributed by atoms with van der Waals surface area (Å²) in [4.78, 5) is 10.9. The fraction of sp³-hybridized carbons (Fsp3) is 0.889. The van der Waals surface area contributed by atoms with Crippen molar-refractivity contribution in [3.8, 4) is 0 Å². The van der Waals surface area contributed by atoms with Gasteiger partial charge in [-0.15, -0.1) is 0 Å². The fourth-order valence-electron chi connectivity index (χ4n) is 0.519. The number of halogens is 2. The van der Waals surface area contributed by atoms with Crippen molar-refractivity contribution in [2.45, 2.75) is 52.2 Å². The van der Waals surface area contributed by atoms with Gasteiger partial charge < -0.3 is 9.47 Å². The van der Waals surface area contributed by atoms with E-state index >= 15 is 0 Å². The molecule has 0 saturated carbocycles. The minimum Gasteiger partial charge on any atom is -0.428 e. The van der Waals surface area contributed by atoms with Crippen molar-refractivity contribution >= 4 is 6.16 Å². The maximum Gasteiger partial charge on any atom is 0.509 e. The molecular weight excluding hydrogens is 194 g/mol. The van der Waals surface area contributed by atoms with E-state index in [-0.39, 0.29) is 0 Å². The molecule has 0 aliphatic rings. The molecule has 0 aromatic rings. The lowest BCUT2D eigenvalue weighted by atomic mass is 10.3. The van der Waals surface area contributed by atoms with Gasteiger partial charge in [0, 0.05) is 0 Å². The Morgan fingerprint density at radius 3 is 1.43 bits per heavy atom. The molecule has 84 valence electrons. The van der Waals surface area contributed by atoms with Gasteiger partial charge in [0.05, 0.1) is 0 Å². The van der Waals surface area contributed by atoms with Gasteiger partial charge in [0.1, 0.15) is 24.6 Å². The number of rotatable bonds is 4. The molecular formula is C9H16F2O3. The number of carbonyl (C=O) groups is 1. The Balaban J connectivity index is 3.87. The number of carbonyl (C=O) groups excluding carboxylic acids is 1. The van der Waals surface area contributed by atoms with Gasteiger partial charge in [0.25, 0.3) is 0 Å². The molecule has 0 aromatic carbocycles. The van der Waals surface area contributed by atoms with E-state index in [9.17, 15) is 13.6 Å². The fourth-order valence-corrected chi connectivity index (χ4v) is 0.519. The molecule has 0 rings (SSSR count). The minimum atomic E-state index is -1.28. The highest BCUT2D eigenvalue weighted by Gasteiger charge is 2.21. The van der Waals surface area contributed by atoms with Crippen LogP contribution in [0.2, 0.25) is 0 Å². The molecule has 0 radical (unpaired) electrons. The quantitative estimate of drug-likeness (QED) is 0.669. The summed E-state index contributed by atoms with van der Waals surface area (Å²) in [7, 11) is 0. The van der Waals surface area contributed by atoms with Crippen LogP contribution < -0.4 is 0 Å². The Bertz CT molecular complexity index is 165. The van der Waals surface area contributed by atoms with Gasteiger partial charge >= 0.3 is 6.16 Å². The predicted molar refractivity (Wildman–Crippen MR) is 47.6 cm³/mol. The van der Waals surface area contributed by atoms with Gasteiger partial charge in [-0.25, -0.2) is 13.6 Å². The SMILES string of the molecule is CC(F)C(C)OC(=O)OC(C)C(C)F. The Labute approximate surface area is 82.4 Å². The predicted octanol–water partition coefficient (Wildman–Crippen LogP) is 2.63. The molecule has 14 heavy (non-hydrogen) atoms. The van der Waals surface area contributed by atoms with E-state index in [0.717, 1.165) is 0 Å². The van der Waals surface area contributed by atoms with E-state index in [0.29, 0.717) is 0 Å². The molecule has 4 atom stereocenters. The highest BCUT2D eigenvalue weighted by molar-refractivity contribution is 5.60. The molecule has 0 aliphatic carbocycles. The number of alkyl halides is 2. The van der Waals surface area contributed by atoms with Crippen molar-refractivity contribution in [1.82, 2.24) is 0 Å². The van der Waals surface area contributed by atoms with Gasteiger partial charge in [-0.3, -0.25) is 0 Å². The first-order chi connectivity index (χ1) is 6.34. The smallest absolute Gasteiger partial charge is 0.428 e. The van der Waals surface area contributed by atoms with E-state index in [2.05, 4.69) is 9.47 Å². The lowest BCUT2D eigenvalue weighted by molar-refractivity contribution is -0.0269. The van der Waals surface area contributed by atoms with Crippen LogP contribution in [-0.2, 0) is 9.47 Å². The zero-order chi connectivity index (χ0) is 11.3. The van der Waals surface area contributed by atoms with Gasteiger partial charge in [-0.2, -0.15) is 0 Å². The van der Waals surface area contributed by atoms with Crippen molar-refractivity contribution < 1.29 is 23.0 Å². The lowest BCUT2D eigenvalue weighted by Gasteiger charge is -2.17. The summed E-state index contributed by atoms with van der Waals surface area (Å²) in [6.45, 7) is 5.32. The zero-order valence-corrected chi connectivity index (χ0v) is 8.79. The standard InChI is InChI=1S/C9H16F2O3/c1-5(10)7(3)13-9(12)14-8(4)6(2)11/h5-8H,1-4H3. The van der Waals surface area contributed by atoms with Gasteiger partial charge in [-0.05, 0) is 27.7 Å². The molecule has 5 heteroatoms. The first-order valence-electron chi connectivity index (χ1n) is 4.50. The van der Waals surface area contributed by atoms with E-state index in [1.807, 2.05) is 0 Å². The lowest BCUT2D eigenvalue weighted by Crippen LogP contribution is -2.28. The maximum atomic E-state index is 12.5. The monoisotopic (exact) mass is 210 g/mol. The van der Waals surface area contributed by atoms with Crippen molar-refractivity contribution in [2.75, 3.05) is 0 Å². The van der Waals surface area contributed by atoms with Crippen LogP contribution in [0.15, 0.2) is 0 Å². The normalized spacial score (nSPS) is 19.3. The van der Waals surface area contributed by atoms with Gasteiger partial charge in [0.15, 0.2) is 0 Å². The van der Waals surface area contributed by atoms with Gasteiger partial charge in [-0.1, -0.05) is 0 Å². The minimum absolute atomic E-state index is 0.885. The number of ether oxygens (including phenoxy) is 2. The Morgan fingerprint density at radius 2 is 1.21 bits per heavy atom. The first-order valence-corrected chi connectivity index (χ1v) is 4.50. The molecule has 0 aliphatic heterocycles. The van der Waals surface area contributed by atoms with Crippen molar-refractivity contribution in [3.05, 3.63) is 0 Å². The zero-order valence-electron chi connectivity index (χ0n) is 8.79. The highest BCUT2D eigenvalue weighted by atomic mass is 19.1. The van der Waals surface area contributed by atoms with Crippen molar-refractivity contribution in [3.63, 3.8) is 0 Å². The molecule has 0 N–H and O–H groups in total. The Kier molecular flexibility index (Phi) is 5.42. The average Bonchev–Trinajstić information content (AvgIpc) is 2.03. The summed E-state index contributed by atoms with van der Waals surface area (Å²) < 4.78 is 34.1. The first kappa shape index (κ1) is 13.1. The van der Waals surface area contributed by atoms with Crippen LogP contribution in [0.5, 0.6) is 0 Å². The third kappa shape index (κ3) is 4.99. The van der Waals surface area contributed by atoms with Crippen LogP contribution >= 0.6 is 0 Å². The second-order valence-electron chi connectivity index (χ2n) is 3.25. The van der Waals surface area contributed by atoms with Crippen LogP contribution in [0.25, 0.3) is 0 Å². The summed E-state index contributed by atoms with van der Waals surface area (Å²) in [5.74, 6) is 0. The third-order valence-corrected chi connectivity index (χ3v) is 1.86. The van der Waals surface area contributed by atoms with Gasteiger partial charge in [0.2, 0.25) is 0 Å². The molecule has 3 nitrogen and oxygen atoms in total. The topological polar surface area (TPSA) is 35.5 Å². The molecule has 0 saturated heterocycles. The second kappa shape index (κ2) is 5.78. The van der Waals surface area contributed by atoms with Crippen molar-refractivity contribution in [2.24, 2.45) is 0 Å². The average molecular weight is 210 g/mol. The summed E-state index contributed by atoms with van der Waals surface area (Å²) in [5.41, 5.74) is 0. The van der Waals surface area contributed by atoms with E-state index in [1.54, 1.807) is 0 Å². The Morgan fingerprint density at radius 1 is 0.929 bits per heavy atom. The number of hydrogen-bond donors (Lipinski definition) is 0. The molecule has 0 bridgehead atoms. The van der Waals surface area contributed by atoms with Crippen LogP contribution in [-0.4, -0.2) is 30.7 Å². The van der Waals surface area contributed by atoms with Crippen LogP contribution in [0.3, 0.4) is 0 Å². The highest BCUT2D eigenvalue weighted by Crippen LogP contribution is 2.07. The summed E-state index contributed by atoms with van der Waals surface area (Å²) >= 11 is 0. The van der Waals surface area contributed by atoms with E-state index < -0.39 is 30.7 Å². The largest absolute Gasteiger partial charge is 0.509 e. The third-order valence-electron chi connectivity index (χ3n) is 1.86. The molecule has 0 spiro atoms. The molecule has 0 aromatic heterocycles. The summed E-state index contributed by atoms with van der Waals surface area (Å²) in [6.07, 6.45) is -5.37. The van der Waals surface area contributed by atoms with E-state index in [4.69, 9.17) is 0 Å². The maximum absolute atomic E-state index is 12.5. The number of hydrogen-bond acceptors (Lipinski definition) is 3. The molecule has 0 fully saturated rings. The molecule has 0 amide bonds. The van der Waals surface area contributed by atoms with Crippen LogP contribution in [0, 0.1) is 0 Å². The molecule has 4 unspecified atom stereocenters. The summed E-state index contributed by atoms with van der Waals surface area (Å²) in [6, 6.07) is 0. The summed E-state index contributed by atoms with van der Waals surface area (Å²) in [5, 5.41) is 0. The van der Waals surface area contributed by atoms with Crippen molar-refractivity contribution in [1.29, 1.82) is 0 Å². The molecule has 0 heterocycles. The van der Waals surface area contributed by atoms with Crippen LogP contribution in [0.4, 0.5) is 13.6 Å². The Hall–Kier alpha value is -0.870. The van der Waals surface area contributed by atoms with Crippen LogP contribution in [0.1, 0.15) is 27.7 Å². The second-order valence-corrected chi connectivity index (χ2v) is 3.25. The van der Waals surface area contributed by atoms with E-state index in [1.165, 1.54) is 27.7 Å².